The Morgan fingerprint density at radius 3 is 2.59 bits per heavy atom. The standard InChI is InChI=1S/C14H18N2O/c1-3-4-10-16-11(2)14(17)13(15-16)12-8-6-5-7-9-12/h5-9,17H,3-4,10H2,1-2H3. The van der Waals surface area contributed by atoms with Crippen molar-refractivity contribution in [3.05, 3.63) is 36.0 Å². The lowest BCUT2D eigenvalue weighted by atomic mass is 10.1. The van der Waals surface area contributed by atoms with E-state index in [2.05, 4.69) is 12.0 Å². The average Bonchev–Trinajstić information content (AvgIpc) is 2.65. The van der Waals surface area contributed by atoms with Gasteiger partial charge < -0.3 is 5.11 Å². The smallest absolute Gasteiger partial charge is 0.164 e. The highest BCUT2D eigenvalue weighted by Gasteiger charge is 2.14. The average molecular weight is 230 g/mol. The molecule has 1 N–H and O–H groups in total. The second-order valence-electron chi connectivity index (χ2n) is 4.23. The Morgan fingerprint density at radius 2 is 1.94 bits per heavy atom. The van der Waals surface area contributed by atoms with Crippen LogP contribution in [0.15, 0.2) is 30.3 Å². The minimum absolute atomic E-state index is 0.298. The zero-order valence-corrected chi connectivity index (χ0v) is 10.3. The maximum absolute atomic E-state index is 10.1. The van der Waals surface area contributed by atoms with Crippen LogP contribution >= 0.6 is 0 Å². The second kappa shape index (κ2) is 5.04. The first-order valence-electron chi connectivity index (χ1n) is 6.05. The van der Waals surface area contributed by atoms with Crippen molar-refractivity contribution >= 4 is 0 Å². The van der Waals surface area contributed by atoms with Gasteiger partial charge in [-0.1, -0.05) is 43.7 Å². The van der Waals surface area contributed by atoms with E-state index < -0.39 is 0 Å². The first-order valence-corrected chi connectivity index (χ1v) is 6.05. The van der Waals surface area contributed by atoms with Crippen LogP contribution in [0.2, 0.25) is 0 Å². The van der Waals surface area contributed by atoms with Gasteiger partial charge in [0.05, 0.1) is 5.69 Å². The van der Waals surface area contributed by atoms with Crippen LogP contribution in [0.25, 0.3) is 11.3 Å². The Morgan fingerprint density at radius 1 is 1.24 bits per heavy atom. The molecule has 2 rings (SSSR count). The van der Waals surface area contributed by atoms with Crippen LogP contribution in [0.1, 0.15) is 25.5 Å². The largest absolute Gasteiger partial charge is 0.504 e. The van der Waals surface area contributed by atoms with Crippen molar-refractivity contribution in [2.24, 2.45) is 0 Å². The van der Waals surface area contributed by atoms with Gasteiger partial charge in [-0.05, 0) is 13.3 Å². The number of hydrogen-bond acceptors (Lipinski definition) is 2. The van der Waals surface area contributed by atoms with Crippen LogP contribution in [0, 0.1) is 6.92 Å². The predicted molar refractivity (Wildman–Crippen MR) is 69.0 cm³/mol. The van der Waals surface area contributed by atoms with Crippen molar-refractivity contribution in [3.8, 4) is 17.0 Å². The summed E-state index contributed by atoms with van der Waals surface area (Å²) in [6.45, 7) is 4.92. The van der Waals surface area contributed by atoms with E-state index in [0.717, 1.165) is 30.6 Å². The lowest BCUT2D eigenvalue weighted by Gasteiger charge is -2.01. The molecule has 3 nitrogen and oxygen atoms in total. The van der Waals surface area contributed by atoms with E-state index in [-0.39, 0.29) is 0 Å². The summed E-state index contributed by atoms with van der Waals surface area (Å²) in [6.07, 6.45) is 2.21. The summed E-state index contributed by atoms with van der Waals surface area (Å²) in [5.74, 6) is 0.298. The Labute approximate surface area is 102 Å². The molecule has 0 amide bonds. The Kier molecular flexibility index (Phi) is 3.47. The molecule has 0 atom stereocenters. The lowest BCUT2D eigenvalue weighted by Crippen LogP contribution is -2.01. The fraction of sp³-hybridized carbons (Fsp3) is 0.357. The maximum Gasteiger partial charge on any atom is 0.164 e. The van der Waals surface area contributed by atoms with Gasteiger partial charge in [0.25, 0.3) is 0 Å². The molecule has 0 aliphatic carbocycles. The minimum atomic E-state index is 0.298. The molecule has 90 valence electrons. The monoisotopic (exact) mass is 230 g/mol. The Hall–Kier alpha value is -1.77. The van der Waals surface area contributed by atoms with E-state index in [1.54, 1.807) is 0 Å². The number of nitrogens with zero attached hydrogens (tertiary/aromatic N) is 2. The van der Waals surface area contributed by atoms with Crippen molar-refractivity contribution in [2.75, 3.05) is 0 Å². The van der Waals surface area contributed by atoms with Gasteiger partial charge in [0.2, 0.25) is 0 Å². The summed E-state index contributed by atoms with van der Waals surface area (Å²) in [5, 5.41) is 14.6. The van der Waals surface area contributed by atoms with Crippen LogP contribution < -0.4 is 0 Å². The van der Waals surface area contributed by atoms with E-state index in [9.17, 15) is 5.11 Å². The zero-order chi connectivity index (χ0) is 12.3. The van der Waals surface area contributed by atoms with Gasteiger partial charge in [0.15, 0.2) is 5.75 Å². The highest BCUT2D eigenvalue weighted by molar-refractivity contribution is 5.66. The molecule has 0 unspecified atom stereocenters. The topological polar surface area (TPSA) is 38.0 Å². The molecule has 2 aromatic rings. The third-order valence-corrected chi connectivity index (χ3v) is 2.95. The molecule has 0 aliphatic heterocycles. The fourth-order valence-electron chi connectivity index (χ4n) is 1.85. The van der Waals surface area contributed by atoms with E-state index in [1.165, 1.54) is 0 Å². The highest BCUT2D eigenvalue weighted by Crippen LogP contribution is 2.30. The summed E-state index contributed by atoms with van der Waals surface area (Å²) >= 11 is 0. The van der Waals surface area contributed by atoms with Gasteiger partial charge in [0.1, 0.15) is 5.69 Å². The number of benzene rings is 1. The van der Waals surface area contributed by atoms with Crippen molar-refractivity contribution in [1.82, 2.24) is 9.78 Å². The number of unbranched alkanes of at least 4 members (excludes halogenated alkanes) is 1. The van der Waals surface area contributed by atoms with Gasteiger partial charge in [-0.3, -0.25) is 4.68 Å². The maximum atomic E-state index is 10.1. The number of aromatic hydroxyl groups is 1. The number of rotatable bonds is 4. The molecule has 0 aliphatic rings. The molecule has 0 fully saturated rings. The Bertz CT molecular complexity index is 488. The number of aryl methyl sites for hydroxylation is 1. The normalized spacial score (nSPS) is 10.7. The molecule has 0 bridgehead atoms. The lowest BCUT2D eigenvalue weighted by molar-refractivity contribution is 0.467. The summed E-state index contributed by atoms with van der Waals surface area (Å²) in [7, 11) is 0. The van der Waals surface area contributed by atoms with E-state index >= 15 is 0 Å². The molecular weight excluding hydrogens is 212 g/mol. The summed E-state index contributed by atoms with van der Waals surface area (Å²) in [5.41, 5.74) is 2.49. The Balaban J connectivity index is 2.36. The molecule has 1 aromatic carbocycles. The van der Waals surface area contributed by atoms with Gasteiger partial charge in [-0.25, -0.2) is 0 Å². The van der Waals surface area contributed by atoms with Crippen molar-refractivity contribution in [3.63, 3.8) is 0 Å². The predicted octanol–water partition coefficient (Wildman–Crippen LogP) is 3.36. The summed E-state index contributed by atoms with van der Waals surface area (Å²) in [4.78, 5) is 0. The SMILES string of the molecule is CCCCn1nc(-c2ccccc2)c(O)c1C. The van der Waals surface area contributed by atoms with Gasteiger partial charge in [-0.15, -0.1) is 0 Å². The highest BCUT2D eigenvalue weighted by atomic mass is 16.3. The van der Waals surface area contributed by atoms with E-state index in [1.807, 2.05) is 41.9 Å². The van der Waals surface area contributed by atoms with Gasteiger partial charge in [-0.2, -0.15) is 5.10 Å². The minimum Gasteiger partial charge on any atom is -0.504 e. The first-order chi connectivity index (χ1) is 8.24. The third-order valence-electron chi connectivity index (χ3n) is 2.95. The van der Waals surface area contributed by atoms with E-state index in [0.29, 0.717) is 11.4 Å². The van der Waals surface area contributed by atoms with Crippen LogP contribution in [-0.2, 0) is 6.54 Å². The van der Waals surface area contributed by atoms with Crippen molar-refractivity contribution in [1.29, 1.82) is 0 Å². The van der Waals surface area contributed by atoms with Crippen molar-refractivity contribution < 1.29 is 5.11 Å². The zero-order valence-electron chi connectivity index (χ0n) is 10.3. The van der Waals surface area contributed by atoms with E-state index in [4.69, 9.17) is 0 Å². The second-order valence-corrected chi connectivity index (χ2v) is 4.23. The molecule has 0 spiro atoms. The quantitative estimate of drug-likeness (QED) is 0.874. The fourth-order valence-corrected chi connectivity index (χ4v) is 1.85. The van der Waals surface area contributed by atoms with Gasteiger partial charge >= 0.3 is 0 Å². The molecule has 0 saturated heterocycles. The van der Waals surface area contributed by atoms with Crippen LogP contribution in [0.4, 0.5) is 0 Å². The molecule has 0 radical (unpaired) electrons. The molecule has 3 heteroatoms. The number of hydrogen-bond donors (Lipinski definition) is 1. The molecule has 0 saturated carbocycles. The summed E-state index contributed by atoms with van der Waals surface area (Å²) < 4.78 is 1.89. The molecular formula is C14H18N2O. The molecule has 17 heavy (non-hydrogen) atoms. The molecule has 1 aromatic heterocycles. The first kappa shape index (κ1) is 11.7. The van der Waals surface area contributed by atoms with Crippen LogP contribution in [0.5, 0.6) is 5.75 Å². The number of aromatic nitrogens is 2. The van der Waals surface area contributed by atoms with Crippen LogP contribution in [0.3, 0.4) is 0 Å². The van der Waals surface area contributed by atoms with Crippen LogP contribution in [-0.4, -0.2) is 14.9 Å². The van der Waals surface area contributed by atoms with Crippen molar-refractivity contribution in [2.45, 2.75) is 33.2 Å². The van der Waals surface area contributed by atoms with Gasteiger partial charge in [0, 0.05) is 12.1 Å². The molecule has 1 heterocycles. The summed E-state index contributed by atoms with van der Waals surface area (Å²) in [6, 6.07) is 9.79. The third kappa shape index (κ3) is 2.33.